The molecule has 5 heteroatoms. The molecule has 0 radical (unpaired) electrons. The first-order valence-corrected chi connectivity index (χ1v) is 7.42. The molecule has 0 spiro atoms. The van der Waals surface area contributed by atoms with Gasteiger partial charge in [-0.15, -0.1) is 11.3 Å². The van der Waals surface area contributed by atoms with E-state index >= 15 is 0 Å². The minimum absolute atomic E-state index is 0.148. The summed E-state index contributed by atoms with van der Waals surface area (Å²) in [5, 5.41) is 2.06. The van der Waals surface area contributed by atoms with Gasteiger partial charge in [-0.25, -0.2) is 0 Å². The van der Waals surface area contributed by atoms with E-state index in [9.17, 15) is 4.79 Å². The average molecular weight is 317 g/mol. The lowest BCUT2D eigenvalue weighted by Gasteiger charge is -2.38. The second-order valence-electron chi connectivity index (χ2n) is 4.90. The Balaban J connectivity index is 1.86. The van der Waals surface area contributed by atoms with Gasteiger partial charge in [-0.05, 0) is 52.2 Å². The number of hydrogen-bond donors (Lipinski definition) is 1. The highest BCUT2D eigenvalue weighted by Gasteiger charge is 2.35. The summed E-state index contributed by atoms with van der Waals surface area (Å²) in [7, 11) is 1.84. The van der Waals surface area contributed by atoms with E-state index in [4.69, 9.17) is 5.73 Å². The van der Waals surface area contributed by atoms with Crippen LogP contribution < -0.4 is 5.73 Å². The Bertz CT molecular complexity index is 414. The van der Waals surface area contributed by atoms with E-state index in [1.165, 1.54) is 0 Å². The number of thiophene rings is 1. The number of rotatable bonds is 4. The summed E-state index contributed by atoms with van der Waals surface area (Å²) < 4.78 is 1.10. The molecule has 1 fully saturated rings. The molecule has 1 saturated carbocycles. The van der Waals surface area contributed by atoms with Crippen LogP contribution in [-0.2, 0) is 11.3 Å². The fourth-order valence-corrected chi connectivity index (χ4v) is 3.23. The first-order valence-electron chi connectivity index (χ1n) is 5.74. The fourth-order valence-electron chi connectivity index (χ4n) is 2.03. The summed E-state index contributed by atoms with van der Waals surface area (Å²) in [5.74, 6) is 0.148. The number of halogens is 1. The highest BCUT2D eigenvalue weighted by molar-refractivity contribution is 9.11. The fraction of sp³-hybridized carbons (Fsp3) is 0.583. The van der Waals surface area contributed by atoms with Gasteiger partial charge in [-0.2, -0.15) is 0 Å². The molecule has 1 aromatic heterocycles. The van der Waals surface area contributed by atoms with Crippen molar-refractivity contribution in [2.75, 3.05) is 7.05 Å². The Hall–Kier alpha value is -0.390. The predicted molar refractivity (Wildman–Crippen MR) is 73.9 cm³/mol. The smallest absolute Gasteiger partial charge is 0.224 e. The van der Waals surface area contributed by atoms with Crippen LogP contribution >= 0.6 is 27.3 Å². The van der Waals surface area contributed by atoms with Crippen LogP contribution in [0.15, 0.2) is 15.2 Å². The van der Waals surface area contributed by atoms with Crippen LogP contribution in [0, 0.1) is 0 Å². The van der Waals surface area contributed by atoms with Gasteiger partial charge < -0.3 is 10.6 Å². The molecular formula is C12H17BrN2OS. The lowest BCUT2D eigenvalue weighted by atomic mass is 9.75. The quantitative estimate of drug-likeness (QED) is 0.928. The molecule has 1 heterocycles. The molecule has 0 saturated heterocycles. The van der Waals surface area contributed by atoms with Crippen LogP contribution in [0.1, 0.15) is 31.2 Å². The zero-order valence-electron chi connectivity index (χ0n) is 9.91. The molecule has 94 valence electrons. The Morgan fingerprint density at radius 2 is 2.35 bits per heavy atom. The van der Waals surface area contributed by atoms with E-state index in [0.29, 0.717) is 13.0 Å². The van der Waals surface area contributed by atoms with Crippen molar-refractivity contribution in [3.8, 4) is 0 Å². The maximum absolute atomic E-state index is 12.0. The summed E-state index contributed by atoms with van der Waals surface area (Å²) >= 11 is 5.06. The standard InChI is InChI=1S/C12H17BrN2OS/c1-15(7-9-5-10(13)17-8-9)11(16)6-12(14)3-2-4-12/h5,8H,2-4,6-7,14H2,1H3. The molecule has 0 atom stereocenters. The van der Waals surface area contributed by atoms with Crippen LogP contribution in [0.3, 0.4) is 0 Å². The van der Waals surface area contributed by atoms with Crippen LogP contribution in [0.4, 0.5) is 0 Å². The SMILES string of the molecule is CN(Cc1csc(Br)c1)C(=O)CC1(N)CCC1. The molecule has 0 aromatic carbocycles. The van der Waals surface area contributed by atoms with Crippen molar-refractivity contribution in [1.29, 1.82) is 0 Å². The maximum Gasteiger partial charge on any atom is 0.224 e. The molecule has 17 heavy (non-hydrogen) atoms. The maximum atomic E-state index is 12.0. The molecule has 1 aromatic rings. The number of carbonyl (C=O) groups is 1. The number of carbonyl (C=O) groups excluding carboxylic acids is 1. The van der Waals surface area contributed by atoms with Crippen molar-refractivity contribution < 1.29 is 4.79 Å². The van der Waals surface area contributed by atoms with Gasteiger partial charge >= 0.3 is 0 Å². The van der Waals surface area contributed by atoms with Crippen molar-refractivity contribution in [3.05, 3.63) is 20.8 Å². The minimum Gasteiger partial charge on any atom is -0.341 e. The van der Waals surface area contributed by atoms with Gasteiger partial charge in [0.05, 0.1) is 3.79 Å². The van der Waals surface area contributed by atoms with Crippen molar-refractivity contribution in [2.24, 2.45) is 5.73 Å². The summed E-state index contributed by atoms with van der Waals surface area (Å²) in [6, 6.07) is 2.05. The molecule has 1 aliphatic carbocycles. The zero-order valence-corrected chi connectivity index (χ0v) is 12.3. The molecule has 3 nitrogen and oxygen atoms in total. The Morgan fingerprint density at radius 3 is 2.82 bits per heavy atom. The third kappa shape index (κ3) is 3.30. The molecule has 0 unspecified atom stereocenters. The lowest BCUT2D eigenvalue weighted by molar-refractivity contribution is -0.132. The zero-order chi connectivity index (χ0) is 12.5. The van der Waals surface area contributed by atoms with Crippen molar-refractivity contribution in [2.45, 2.75) is 37.8 Å². The van der Waals surface area contributed by atoms with Crippen molar-refractivity contribution >= 4 is 33.2 Å². The van der Waals surface area contributed by atoms with Gasteiger partial charge in [0.1, 0.15) is 0 Å². The summed E-state index contributed by atoms with van der Waals surface area (Å²) in [5.41, 5.74) is 7.03. The van der Waals surface area contributed by atoms with E-state index in [2.05, 4.69) is 27.4 Å². The second-order valence-corrected chi connectivity index (χ2v) is 7.19. The van der Waals surface area contributed by atoms with Crippen LogP contribution in [0.2, 0.25) is 0 Å². The van der Waals surface area contributed by atoms with Gasteiger partial charge in [0.25, 0.3) is 0 Å². The number of nitrogens with zero attached hydrogens (tertiary/aromatic N) is 1. The van der Waals surface area contributed by atoms with Crippen molar-refractivity contribution in [1.82, 2.24) is 4.90 Å². The van der Waals surface area contributed by atoms with Gasteiger partial charge in [0, 0.05) is 25.6 Å². The average Bonchev–Trinajstić information content (AvgIpc) is 2.61. The predicted octanol–water partition coefficient (Wildman–Crippen LogP) is 2.74. The van der Waals surface area contributed by atoms with Gasteiger partial charge in [-0.3, -0.25) is 4.79 Å². The largest absolute Gasteiger partial charge is 0.341 e. The normalized spacial score (nSPS) is 17.6. The molecule has 0 aliphatic heterocycles. The third-order valence-electron chi connectivity index (χ3n) is 3.32. The summed E-state index contributed by atoms with van der Waals surface area (Å²) in [6.07, 6.45) is 3.60. The Morgan fingerprint density at radius 1 is 1.65 bits per heavy atom. The lowest BCUT2D eigenvalue weighted by Crippen LogP contribution is -2.50. The first kappa shape index (κ1) is 13.1. The monoisotopic (exact) mass is 316 g/mol. The van der Waals surface area contributed by atoms with Crippen LogP contribution in [-0.4, -0.2) is 23.4 Å². The molecule has 2 rings (SSSR count). The van der Waals surface area contributed by atoms with Crippen molar-refractivity contribution in [3.63, 3.8) is 0 Å². The Kier molecular flexibility index (Phi) is 3.90. The Labute approximate surface area is 114 Å². The number of nitrogens with two attached hydrogens (primary N) is 1. The topological polar surface area (TPSA) is 46.3 Å². The molecule has 1 amide bonds. The summed E-state index contributed by atoms with van der Waals surface area (Å²) in [6.45, 7) is 0.664. The van der Waals surface area contributed by atoms with E-state index in [1.54, 1.807) is 16.2 Å². The van der Waals surface area contributed by atoms with Crippen LogP contribution in [0.5, 0.6) is 0 Å². The highest BCUT2D eigenvalue weighted by atomic mass is 79.9. The molecule has 1 aliphatic rings. The van der Waals surface area contributed by atoms with E-state index in [1.807, 2.05) is 7.05 Å². The number of amides is 1. The molecular weight excluding hydrogens is 300 g/mol. The molecule has 2 N–H and O–H groups in total. The second kappa shape index (κ2) is 5.08. The van der Waals surface area contributed by atoms with Crippen LogP contribution in [0.25, 0.3) is 0 Å². The molecule has 0 bridgehead atoms. The highest BCUT2D eigenvalue weighted by Crippen LogP contribution is 2.32. The van der Waals surface area contributed by atoms with Gasteiger partial charge in [-0.1, -0.05) is 0 Å². The first-order chi connectivity index (χ1) is 7.98. The third-order valence-corrected chi connectivity index (χ3v) is 4.87. The number of hydrogen-bond acceptors (Lipinski definition) is 3. The minimum atomic E-state index is -0.222. The van der Waals surface area contributed by atoms with E-state index in [0.717, 1.165) is 28.6 Å². The van der Waals surface area contributed by atoms with Gasteiger partial charge in [0.2, 0.25) is 5.91 Å². The summed E-state index contributed by atoms with van der Waals surface area (Å²) in [4.78, 5) is 13.8. The van der Waals surface area contributed by atoms with E-state index in [-0.39, 0.29) is 11.4 Å². The van der Waals surface area contributed by atoms with Gasteiger partial charge in [0.15, 0.2) is 0 Å². The van der Waals surface area contributed by atoms with E-state index < -0.39 is 0 Å².